The van der Waals surface area contributed by atoms with Crippen molar-refractivity contribution in [1.82, 2.24) is 4.72 Å². The van der Waals surface area contributed by atoms with Gasteiger partial charge in [-0.25, -0.2) is 13.1 Å². The van der Waals surface area contributed by atoms with E-state index in [0.717, 1.165) is 4.90 Å². The molecule has 0 amide bonds. The highest BCUT2D eigenvalue weighted by Gasteiger charge is 2.13. The van der Waals surface area contributed by atoms with Crippen LogP contribution in [0, 0.1) is 0 Å². The largest absolute Gasteiger partial charge is 0.398 e. The highest BCUT2D eigenvalue weighted by atomic mass is 32.2. The maximum absolute atomic E-state index is 11.7. The first kappa shape index (κ1) is 12.4. The minimum absolute atomic E-state index is 0.253. The Morgan fingerprint density at radius 3 is 2.67 bits per heavy atom. The van der Waals surface area contributed by atoms with Crippen molar-refractivity contribution in [3.8, 4) is 0 Å². The predicted octanol–water partition coefficient (Wildman–Crippen LogP) is 1.29. The van der Waals surface area contributed by atoms with Gasteiger partial charge in [-0.2, -0.15) is 0 Å². The molecule has 15 heavy (non-hydrogen) atoms. The summed E-state index contributed by atoms with van der Waals surface area (Å²) in [6.45, 7) is 2.12. The van der Waals surface area contributed by atoms with Crippen molar-refractivity contribution >= 4 is 27.5 Å². The van der Waals surface area contributed by atoms with Gasteiger partial charge in [0.15, 0.2) is 0 Å². The Labute approximate surface area is 94.3 Å². The summed E-state index contributed by atoms with van der Waals surface area (Å²) in [5, 5.41) is 0. The fraction of sp³-hybridized carbons (Fsp3) is 0.333. The average Bonchev–Trinajstić information content (AvgIpc) is 2.18. The highest BCUT2D eigenvalue weighted by Crippen LogP contribution is 2.25. The number of hydrogen-bond acceptors (Lipinski definition) is 4. The minimum Gasteiger partial charge on any atom is -0.398 e. The molecule has 6 heteroatoms. The van der Waals surface area contributed by atoms with Crippen LogP contribution in [0.15, 0.2) is 28.0 Å². The molecule has 0 bridgehead atoms. The SMILES string of the molecule is CCNS(=O)(=O)c1ccc(N)c(SC)c1. The number of nitrogens with two attached hydrogens (primary N) is 1. The van der Waals surface area contributed by atoms with Crippen molar-refractivity contribution < 1.29 is 8.42 Å². The smallest absolute Gasteiger partial charge is 0.240 e. The summed E-state index contributed by atoms with van der Waals surface area (Å²) in [4.78, 5) is 1.02. The Hall–Kier alpha value is -0.720. The summed E-state index contributed by atoms with van der Waals surface area (Å²) in [7, 11) is -3.38. The van der Waals surface area contributed by atoms with E-state index in [1.807, 2.05) is 6.26 Å². The second-order valence-electron chi connectivity index (χ2n) is 2.91. The Balaban J connectivity index is 3.17. The number of rotatable bonds is 4. The summed E-state index contributed by atoms with van der Waals surface area (Å²) in [6.07, 6.45) is 1.86. The maximum Gasteiger partial charge on any atom is 0.240 e. The van der Waals surface area contributed by atoms with E-state index >= 15 is 0 Å². The lowest BCUT2D eigenvalue weighted by atomic mass is 10.3. The van der Waals surface area contributed by atoms with E-state index in [2.05, 4.69) is 4.72 Å². The van der Waals surface area contributed by atoms with E-state index < -0.39 is 10.0 Å². The van der Waals surface area contributed by atoms with Crippen LogP contribution in [0.25, 0.3) is 0 Å². The van der Waals surface area contributed by atoms with Crippen LogP contribution in [-0.2, 0) is 10.0 Å². The normalized spacial score (nSPS) is 11.6. The molecule has 0 atom stereocenters. The zero-order valence-electron chi connectivity index (χ0n) is 8.65. The Morgan fingerprint density at radius 1 is 1.47 bits per heavy atom. The van der Waals surface area contributed by atoms with Gasteiger partial charge in [-0.05, 0) is 24.5 Å². The molecule has 1 rings (SSSR count). The quantitative estimate of drug-likeness (QED) is 0.620. The number of nitrogens with one attached hydrogen (secondary N) is 1. The molecule has 0 aromatic heterocycles. The van der Waals surface area contributed by atoms with Gasteiger partial charge in [0.1, 0.15) is 0 Å². The third-order valence-electron chi connectivity index (χ3n) is 1.85. The molecule has 3 N–H and O–H groups in total. The van der Waals surface area contributed by atoms with E-state index in [1.165, 1.54) is 17.8 Å². The van der Waals surface area contributed by atoms with Crippen LogP contribution >= 0.6 is 11.8 Å². The lowest BCUT2D eigenvalue weighted by Crippen LogP contribution is -2.23. The molecule has 0 aliphatic heterocycles. The van der Waals surface area contributed by atoms with Gasteiger partial charge in [-0.3, -0.25) is 0 Å². The summed E-state index contributed by atoms with van der Waals surface area (Å²) >= 11 is 1.43. The van der Waals surface area contributed by atoms with Gasteiger partial charge in [0.25, 0.3) is 0 Å². The summed E-state index contributed by atoms with van der Waals surface area (Å²) in [5.74, 6) is 0. The van der Waals surface area contributed by atoms with Crippen LogP contribution in [0.3, 0.4) is 0 Å². The summed E-state index contributed by atoms with van der Waals surface area (Å²) in [5.41, 5.74) is 6.28. The standard InChI is InChI=1S/C9H14N2O2S2/c1-3-11-15(12,13)7-4-5-8(10)9(6-7)14-2/h4-6,11H,3,10H2,1-2H3. The first-order valence-electron chi connectivity index (χ1n) is 4.44. The van der Waals surface area contributed by atoms with Crippen molar-refractivity contribution in [2.24, 2.45) is 0 Å². The van der Waals surface area contributed by atoms with Crippen LogP contribution < -0.4 is 10.5 Å². The lowest BCUT2D eigenvalue weighted by molar-refractivity contribution is 0.583. The monoisotopic (exact) mass is 246 g/mol. The summed E-state index contributed by atoms with van der Waals surface area (Å²) in [6, 6.07) is 4.70. The number of benzene rings is 1. The first-order valence-corrected chi connectivity index (χ1v) is 7.15. The molecule has 0 saturated carbocycles. The molecule has 0 aliphatic rings. The molecule has 1 aromatic rings. The van der Waals surface area contributed by atoms with Crippen LogP contribution in [0.1, 0.15) is 6.92 Å². The topological polar surface area (TPSA) is 72.2 Å². The van der Waals surface area contributed by atoms with Gasteiger partial charge in [-0.15, -0.1) is 11.8 Å². The molecular weight excluding hydrogens is 232 g/mol. The Morgan fingerprint density at radius 2 is 2.13 bits per heavy atom. The number of anilines is 1. The Bertz CT molecular complexity index is 443. The summed E-state index contributed by atoms with van der Waals surface area (Å²) < 4.78 is 25.7. The van der Waals surface area contributed by atoms with Gasteiger partial charge in [0.05, 0.1) is 4.90 Å². The first-order chi connectivity index (χ1) is 7.01. The van der Waals surface area contributed by atoms with E-state index in [9.17, 15) is 8.42 Å². The maximum atomic E-state index is 11.7. The predicted molar refractivity (Wildman–Crippen MR) is 63.5 cm³/mol. The fourth-order valence-electron chi connectivity index (χ4n) is 1.13. The second-order valence-corrected chi connectivity index (χ2v) is 5.52. The molecule has 0 fully saturated rings. The minimum atomic E-state index is -3.38. The van der Waals surface area contributed by atoms with Gasteiger partial charge in [-0.1, -0.05) is 6.92 Å². The van der Waals surface area contributed by atoms with Gasteiger partial charge in [0, 0.05) is 17.1 Å². The molecule has 4 nitrogen and oxygen atoms in total. The van der Waals surface area contributed by atoms with E-state index in [1.54, 1.807) is 19.1 Å². The molecule has 84 valence electrons. The number of sulfonamides is 1. The lowest BCUT2D eigenvalue weighted by Gasteiger charge is -2.07. The van der Waals surface area contributed by atoms with Crippen LogP contribution in [0.2, 0.25) is 0 Å². The van der Waals surface area contributed by atoms with Gasteiger partial charge >= 0.3 is 0 Å². The zero-order valence-corrected chi connectivity index (χ0v) is 10.3. The molecule has 0 radical (unpaired) electrons. The van der Waals surface area contributed by atoms with Crippen molar-refractivity contribution in [3.05, 3.63) is 18.2 Å². The van der Waals surface area contributed by atoms with Crippen molar-refractivity contribution in [2.75, 3.05) is 18.5 Å². The molecule has 0 unspecified atom stereocenters. The van der Waals surface area contributed by atoms with Crippen LogP contribution in [0.5, 0.6) is 0 Å². The highest BCUT2D eigenvalue weighted by molar-refractivity contribution is 7.98. The van der Waals surface area contributed by atoms with Gasteiger partial charge < -0.3 is 5.73 Å². The molecule has 1 aromatic carbocycles. The molecular formula is C9H14N2O2S2. The fourth-order valence-corrected chi connectivity index (χ4v) is 2.82. The molecule has 0 heterocycles. The third kappa shape index (κ3) is 2.87. The third-order valence-corrected chi connectivity index (χ3v) is 4.19. The van der Waals surface area contributed by atoms with E-state index in [0.29, 0.717) is 12.2 Å². The molecule has 0 spiro atoms. The van der Waals surface area contributed by atoms with Crippen molar-refractivity contribution in [3.63, 3.8) is 0 Å². The van der Waals surface area contributed by atoms with Crippen molar-refractivity contribution in [2.45, 2.75) is 16.7 Å². The molecule has 0 saturated heterocycles. The second kappa shape index (κ2) is 4.87. The molecule has 0 aliphatic carbocycles. The van der Waals surface area contributed by atoms with Crippen LogP contribution in [0.4, 0.5) is 5.69 Å². The average molecular weight is 246 g/mol. The number of nitrogen functional groups attached to an aromatic ring is 1. The van der Waals surface area contributed by atoms with Crippen LogP contribution in [-0.4, -0.2) is 21.2 Å². The number of thioether (sulfide) groups is 1. The van der Waals surface area contributed by atoms with Gasteiger partial charge in [0.2, 0.25) is 10.0 Å². The van der Waals surface area contributed by atoms with Crippen molar-refractivity contribution in [1.29, 1.82) is 0 Å². The zero-order chi connectivity index (χ0) is 11.5. The van der Waals surface area contributed by atoms with E-state index in [-0.39, 0.29) is 4.90 Å². The number of hydrogen-bond donors (Lipinski definition) is 2. The van der Waals surface area contributed by atoms with E-state index in [4.69, 9.17) is 5.73 Å². The Kier molecular flexibility index (Phi) is 4.01.